The molecule has 1 unspecified atom stereocenters. The predicted octanol–water partition coefficient (Wildman–Crippen LogP) is 3.07. The van der Waals surface area contributed by atoms with Crippen molar-refractivity contribution in [1.82, 2.24) is 5.32 Å². The molecule has 0 heterocycles. The summed E-state index contributed by atoms with van der Waals surface area (Å²) in [5, 5.41) is 3.44. The number of hydrogen-bond donors (Lipinski definition) is 1. The van der Waals surface area contributed by atoms with Crippen LogP contribution in [0.25, 0.3) is 0 Å². The van der Waals surface area contributed by atoms with Gasteiger partial charge in [0.1, 0.15) is 0 Å². The van der Waals surface area contributed by atoms with E-state index >= 15 is 0 Å². The molecule has 0 amide bonds. The van der Waals surface area contributed by atoms with Crippen LogP contribution in [0.2, 0.25) is 0 Å². The summed E-state index contributed by atoms with van der Waals surface area (Å²) in [6.45, 7) is 3.05. The van der Waals surface area contributed by atoms with Gasteiger partial charge in [-0.1, -0.05) is 24.3 Å². The Hall–Kier alpha value is -1.26. The number of benzene rings is 1. The molecule has 1 aliphatic carbocycles. The molecular weight excluding hydrogens is 194 g/mol. The van der Waals surface area contributed by atoms with Crippen molar-refractivity contribution in [3.05, 3.63) is 35.4 Å². The van der Waals surface area contributed by atoms with E-state index in [0.29, 0.717) is 6.04 Å². The zero-order chi connectivity index (χ0) is 11.4. The molecule has 1 atom stereocenters. The maximum atomic E-state index is 5.28. The Balaban J connectivity index is 1.89. The Labute approximate surface area is 98.3 Å². The van der Waals surface area contributed by atoms with Crippen molar-refractivity contribution in [2.24, 2.45) is 0 Å². The largest absolute Gasteiger partial charge is 0.309 e. The molecule has 0 bridgehead atoms. The van der Waals surface area contributed by atoms with Crippen molar-refractivity contribution < 1.29 is 0 Å². The van der Waals surface area contributed by atoms with E-state index in [1.165, 1.54) is 24.0 Å². The molecule has 0 aromatic heterocycles. The van der Waals surface area contributed by atoms with Crippen LogP contribution >= 0.6 is 0 Å². The molecule has 0 radical (unpaired) electrons. The van der Waals surface area contributed by atoms with Crippen LogP contribution in [0.3, 0.4) is 0 Å². The van der Waals surface area contributed by atoms with Crippen LogP contribution < -0.4 is 5.32 Å². The van der Waals surface area contributed by atoms with Crippen molar-refractivity contribution in [3.63, 3.8) is 0 Å². The summed E-state index contributed by atoms with van der Waals surface area (Å²) in [6, 6.07) is 9.31. The molecule has 1 aromatic rings. The lowest BCUT2D eigenvalue weighted by atomic mass is 10.1. The highest BCUT2D eigenvalue weighted by Crippen LogP contribution is 2.40. The van der Waals surface area contributed by atoms with Gasteiger partial charge in [0.15, 0.2) is 0 Å². The SMILES string of the molecule is C#CCC(C)NCc1cccc(C2CC2)c1. The third-order valence-electron chi connectivity index (χ3n) is 3.08. The summed E-state index contributed by atoms with van der Waals surface area (Å²) in [4.78, 5) is 0. The van der Waals surface area contributed by atoms with Gasteiger partial charge in [0, 0.05) is 19.0 Å². The summed E-state index contributed by atoms with van der Waals surface area (Å²) >= 11 is 0. The van der Waals surface area contributed by atoms with Crippen molar-refractivity contribution in [2.45, 2.75) is 44.7 Å². The van der Waals surface area contributed by atoms with Gasteiger partial charge in [-0.25, -0.2) is 0 Å². The average Bonchev–Trinajstić information content (AvgIpc) is 3.11. The fraction of sp³-hybridized carbons (Fsp3) is 0.467. The molecule has 1 heteroatoms. The van der Waals surface area contributed by atoms with Crippen LogP contribution in [0.15, 0.2) is 24.3 Å². The minimum absolute atomic E-state index is 0.398. The maximum Gasteiger partial charge on any atom is 0.0238 e. The summed E-state index contributed by atoms with van der Waals surface area (Å²) in [7, 11) is 0. The molecule has 0 saturated heterocycles. The van der Waals surface area contributed by atoms with Gasteiger partial charge in [0.25, 0.3) is 0 Å². The number of hydrogen-bond acceptors (Lipinski definition) is 1. The fourth-order valence-electron chi connectivity index (χ4n) is 1.91. The number of nitrogens with one attached hydrogen (secondary N) is 1. The molecule has 1 fully saturated rings. The highest BCUT2D eigenvalue weighted by molar-refractivity contribution is 5.29. The summed E-state index contributed by atoms with van der Waals surface area (Å²) < 4.78 is 0. The van der Waals surface area contributed by atoms with Gasteiger partial charge in [0.2, 0.25) is 0 Å². The zero-order valence-electron chi connectivity index (χ0n) is 9.87. The molecule has 1 N–H and O–H groups in total. The second-order valence-corrected chi connectivity index (χ2v) is 4.71. The van der Waals surface area contributed by atoms with Gasteiger partial charge in [-0.15, -0.1) is 12.3 Å². The first kappa shape index (κ1) is 11.2. The van der Waals surface area contributed by atoms with E-state index in [4.69, 9.17) is 6.42 Å². The highest BCUT2D eigenvalue weighted by Gasteiger charge is 2.23. The van der Waals surface area contributed by atoms with E-state index in [9.17, 15) is 0 Å². The highest BCUT2D eigenvalue weighted by atomic mass is 14.9. The van der Waals surface area contributed by atoms with Gasteiger partial charge in [-0.2, -0.15) is 0 Å². The molecule has 1 nitrogen and oxygen atoms in total. The van der Waals surface area contributed by atoms with Crippen LogP contribution in [-0.4, -0.2) is 6.04 Å². The van der Waals surface area contributed by atoms with Gasteiger partial charge in [-0.3, -0.25) is 0 Å². The molecule has 0 aliphatic heterocycles. The normalized spacial score (nSPS) is 16.8. The monoisotopic (exact) mass is 213 g/mol. The van der Waals surface area contributed by atoms with Crippen LogP contribution in [0.4, 0.5) is 0 Å². The van der Waals surface area contributed by atoms with Gasteiger partial charge in [0.05, 0.1) is 0 Å². The van der Waals surface area contributed by atoms with E-state index in [-0.39, 0.29) is 0 Å². The minimum Gasteiger partial charge on any atom is -0.309 e. The minimum atomic E-state index is 0.398. The topological polar surface area (TPSA) is 12.0 Å². The smallest absolute Gasteiger partial charge is 0.0238 e. The van der Waals surface area contributed by atoms with Gasteiger partial charge >= 0.3 is 0 Å². The van der Waals surface area contributed by atoms with Crippen molar-refractivity contribution >= 4 is 0 Å². The first-order chi connectivity index (χ1) is 7.79. The molecule has 2 rings (SSSR count). The first-order valence-electron chi connectivity index (χ1n) is 6.05. The van der Waals surface area contributed by atoms with Crippen LogP contribution in [0.5, 0.6) is 0 Å². The Morgan fingerprint density at radius 1 is 1.50 bits per heavy atom. The summed E-state index contributed by atoms with van der Waals surface area (Å²) in [6.07, 6.45) is 8.81. The van der Waals surface area contributed by atoms with Crippen molar-refractivity contribution in [3.8, 4) is 12.3 Å². The predicted molar refractivity (Wildman–Crippen MR) is 68.2 cm³/mol. The fourth-order valence-corrected chi connectivity index (χ4v) is 1.91. The first-order valence-corrected chi connectivity index (χ1v) is 6.05. The van der Waals surface area contributed by atoms with Gasteiger partial charge in [-0.05, 0) is 36.8 Å². The van der Waals surface area contributed by atoms with E-state index in [1.807, 2.05) is 0 Å². The maximum absolute atomic E-state index is 5.28. The Morgan fingerprint density at radius 3 is 3.00 bits per heavy atom. The number of rotatable bonds is 5. The van der Waals surface area contributed by atoms with E-state index in [1.54, 1.807) is 0 Å². The summed E-state index contributed by atoms with van der Waals surface area (Å²) in [5.74, 6) is 3.52. The van der Waals surface area contributed by atoms with Crippen molar-refractivity contribution in [1.29, 1.82) is 0 Å². The third kappa shape index (κ3) is 3.12. The van der Waals surface area contributed by atoms with E-state index < -0.39 is 0 Å². The standard InChI is InChI=1S/C15H19N/c1-3-5-12(2)16-11-13-6-4-7-15(10-13)14-8-9-14/h1,4,6-7,10,12,14,16H,5,8-9,11H2,2H3. The summed E-state index contributed by atoms with van der Waals surface area (Å²) in [5.41, 5.74) is 2.87. The second-order valence-electron chi connectivity index (χ2n) is 4.71. The Morgan fingerprint density at radius 2 is 2.31 bits per heavy atom. The molecular formula is C15H19N. The Bertz CT molecular complexity index is 385. The molecule has 0 spiro atoms. The third-order valence-corrected chi connectivity index (χ3v) is 3.08. The quantitative estimate of drug-likeness (QED) is 0.741. The zero-order valence-corrected chi connectivity index (χ0v) is 9.87. The van der Waals surface area contributed by atoms with Crippen LogP contribution in [0.1, 0.15) is 43.2 Å². The molecule has 1 saturated carbocycles. The number of terminal acetylenes is 1. The lowest BCUT2D eigenvalue weighted by Crippen LogP contribution is -2.24. The van der Waals surface area contributed by atoms with Gasteiger partial charge < -0.3 is 5.32 Å². The van der Waals surface area contributed by atoms with E-state index in [2.05, 4.69) is 42.4 Å². The molecule has 1 aromatic carbocycles. The van der Waals surface area contributed by atoms with E-state index in [0.717, 1.165) is 18.9 Å². The van der Waals surface area contributed by atoms with Crippen LogP contribution in [0, 0.1) is 12.3 Å². The lowest BCUT2D eigenvalue weighted by Gasteiger charge is -2.11. The molecule has 84 valence electrons. The average molecular weight is 213 g/mol. The second kappa shape index (κ2) is 5.18. The Kier molecular flexibility index (Phi) is 3.64. The molecule has 1 aliphatic rings. The lowest BCUT2D eigenvalue weighted by molar-refractivity contribution is 0.559. The van der Waals surface area contributed by atoms with Crippen molar-refractivity contribution in [2.75, 3.05) is 0 Å². The molecule has 16 heavy (non-hydrogen) atoms. The van der Waals surface area contributed by atoms with Crippen LogP contribution in [-0.2, 0) is 6.54 Å².